The van der Waals surface area contributed by atoms with Gasteiger partial charge in [-0.1, -0.05) is 170 Å². The van der Waals surface area contributed by atoms with E-state index in [1.54, 1.807) is 0 Å². The van der Waals surface area contributed by atoms with Gasteiger partial charge in [0.05, 0.1) is 0 Å². The number of rotatable bonds is 2. The fourth-order valence-electron chi connectivity index (χ4n) is 10.6. The number of benzene rings is 11. The molecule has 0 fully saturated rings. The van der Waals surface area contributed by atoms with Crippen molar-refractivity contribution in [2.75, 3.05) is 0 Å². The van der Waals surface area contributed by atoms with Crippen LogP contribution in [0, 0.1) is 0 Å². The Morgan fingerprint density at radius 2 is 0.516 bits per heavy atom. The lowest BCUT2D eigenvalue weighted by atomic mass is 9.78. The molecule has 2 aromatic heterocycles. The van der Waals surface area contributed by atoms with E-state index in [-0.39, 0.29) is 0 Å². The topological polar surface area (TPSA) is 26.3 Å². The molecule has 0 saturated carbocycles. The summed E-state index contributed by atoms with van der Waals surface area (Å²) in [4.78, 5) is 0. The van der Waals surface area contributed by atoms with Crippen molar-refractivity contribution in [3.8, 4) is 66.8 Å². The fraction of sp³-hybridized carbons (Fsp3) is 0. The second-order valence-electron chi connectivity index (χ2n) is 16.7. The van der Waals surface area contributed by atoms with E-state index in [0.717, 1.165) is 66.1 Å². The average Bonchev–Trinajstić information content (AvgIpc) is 3.92. The van der Waals surface area contributed by atoms with Gasteiger partial charge in [0.2, 0.25) is 0 Å². The minimum atomic E-state index is 0.900. The molecule has 14 rings (SSSR count). The molecule has 13 aromatic rings. The van der Waals surface area contributed by atoms with Gasteiger partial charge in [-0.3, -0.25) is 0 Å². The Balaban J connectivity index is 1.10. The summed E-state index contributed by atoms with van der Waals surface area (Å²) in [5, 5.41) is 12.1. The molecular formula is C60H34O2. The molecule has 2 nitrogen and oxygen atoms in total. The molecule has 0 unspecified atom stereocenters. The van der Waals surface area contributed by atoms with Crippen LogP contribution in [0.1, 0.15) is 0 Å². The monoisotopic (exact) mass is 786 g/mol. The van der Waals surface area contributed by atoms with E-state index in [9.17, 15) is 0 Å². The van der Waals surface area contributed by atoms with E-state index in [2.05, 4.69) is 194 Å². The number of fused-ring (bicyclic) bond motifs is 20. The molecule has 1 aliphatic rings. The van der Waals surface area contributed by atoms with Crippen molar-refractivity contribution >= 4 is 76.2 Å². The Morgan fingerprint density at radius 3 is 1.00 bits per heavy atom. The second kappa shape index (κ2) is 12.7. The van der Waals surface area contributed by atoms with Gasteiger partial charge in [-0.2, -0.15) is 0 Å². The quantitative estimate of drug-likeness (QED) is 0.163. The first-order valence-corrected chi connectivity index (χ1v) is 21.3. The van der Waals surface area contributed by atoms with Gasteiger partial charge >= 0.3 is 0 Å². The van der Waals surface area contributed by atoms with Crippen molar-refractivity contribution in [2.24, 2.45) is 0 Å². The van der Waals surface area contributed by atoms with Crippen molar-refractivity contribution in [2.45, 2.75) is 0 Å². The maximum atomic E-state index is 6.64. The fourth-order valence-corrected chi connectivity index (χ4v) is 10.6. The molecule has 11 aromatic carbocycles. The van der Waals surface area contributed by atoms with Gasteiger partial charge in [0, 0.05) is 32.7 Å². The molecule has 0 saturated heterocycles. The van der Waals surface area contributed by atoms with Gasteiger partial charge in [-0.05, 0) is 124 Å². The van der Waals surface area contributed by atoms with E-state index < -0.39 is 0 Å². The Labute approximate surface area is 356 Å². The molecule has 0 aliphatic heterocycles. The number of hydrogen-bond acceptors (Lipinski definition) is 2. The van der Waals surface area contributed by atoms with Gasteiger partial charge in [0.15, 0.2) is 0 Å². The standard InChI is InChI=1S/C60H34O2/c1-3-15-41-39(13-1)40-14-2-4-16-42(40)54-34-56-52-32-36(38-22-12-24-50-48-20-8-10-26-58(48)62-60(38)50)28-30-46(52)45-29-27-35(31-51(45)43-17-5-6-18-44(43)55(56)33-53(41)54)37-21-11-23-49-47-19-7-9-25-57(47)61-59(37)49/h1-34H. The Morgan fingerprint density at radius 1 is 0.194 bits per heavy atom. The molecule has 1 aliphatic carbocycles. The maximum absolute atomic E-state index is 6.64. The highest BCUT2D eigenvalue weighted by Gasteiger charge is 2.26. The summed E-state index contributed by atoms with van der Waals surface area (Å²) in [6, 6.07) is 75.4. The molecule has 0 atom stereocenters. The summed E-state index contributed by atoms with van der Waals surface area (Å²) in [5.74, 6) is 0. The summed E-state index contributed by atoms with van der Waals surface area (Å²) in [6.45, 7) is 0. The lowest BCUT2D eigenvalue weighted by Crippen LogP contribution is -1.99. The van der Waals surface area contributed by atoms with Crippen LogP contribution < -0.4 is 0 Å². The summed E-state index contributed by atoms with van der Waals surface area (Å²) < 4.78 is 13.2. The van der Waals surface area contributed by atoms with E-state index in [0.29, 0.717) is 0 Å². The molecule has 286 valence electrons. The third kappa shape index (κ3) is 4.69. The van der Waals surface area contributed by atoms with Crippen molar-refractivity contribution in [1.82, 2.24) is 0 Å². The number of furan rings is 2. The number of hydrogen-bond donors (Lipinski definition) is 0. The highest BCUT2D eigenvalue weighted by molar-refractivity contribution is 6.27. The van der Waals surface area contributed by atoms with Gasteiger partial charge in [-0.25, -0.2) is 0 Å². The van der Waals surface area contributed by atoms with Crippen LogP contribution in [-0.4, -0.2) is 0 Å². The van der Waals surface area contributed by atoms with Crippen molar-refractivity contribution in [1.29, 1.82) is 0 Å². The third-order valence-corrected chi connectivity index (χ3v) is 13.4. The van der Waals surface area contributed by atoms with Crippen molar-refractivity contribution in [3.05, 3.63) is 206 Å². The van der Waals surface area contributed by atoms with Gasteiger partial charge < -0.3 is 8.83 Å². The predicted molar refractivity (Wildman–Crippen MR) is 260 cm³/mol. The van der Waals surface area contributed by atoms with Crippen LogP contribution in [0.4, 0.5) is 0 Å². The highest BCUT2D eigenvalue weighted by Crippen LogP contribution is 2.52. The zero-order valence-corrected chi connectivity index (χ0v) is 33.4. The van der Waals surface area contributed by atoms with Crippen LogP contribution >= 0.6 is 0 Å². The molecule has 0 amide bonds. The molecule has 0 radical (unpaired) electrons. The lowest BCUT2D eigenvalue weighted by molar-refractivity contribution is 0.669. The first-order valence-electron chi connectivity index (χ1n) is 21.3. The van der Waals surface area contributed by atoms with Gasteiger partial charge in [-0.15, -0.1) is 0 Å². The minimum absolute atomic E-state index is 0.900. The average molecular weight is 787 g/mol. The maximum Gasteiger partial charge on any atom is 0.143 e. The first kappa shape index (κ1) is 33.6. The van der Waals surface area contributed by atoms with Crippen LogP contribution in [0.15, 0.2) is 215 Å². The summed E-state index contributed by atoms with van der Waals surface area (Å²) >= 11 is 0. The summed E-state index contributed by atoms with van der Waals surface area (Å²) in [5.41, 5.74) is 17.6. The molecule has 2 heteroatoms. The molecule has 2 heterocycles. The van der Waals surface area contributed by atoms with E-state index in [4.69, 9.17) is 8.83 Å². The molecule has 0 spiro atoms. The SMILES string of the molecule is c1ccc2c(c1)-c1cc(-c3cccc4c3oc3ccccc34)ccc1-c1ccc(-c3cccc4c3oc3ccccc34)cc1-c1cc3c4ccccc4c4ccccc4c3cc1-2. The molecular weight excluding hydrogens is 753 g/mol. The summed E-state index contributed by atoms with van der Waals surface area (Å²) in [7, 11) is 0. The van der Waals surface area contributed by atoms with Gasteiger partial charge in [0.1, 0.15) is 22.3 Å². The Hall–Kier alpha value is -8.20. The second-order valence-corrected chi connectivity index (χ2v) is 16.7. The highest BCUT2D eigenvalue weighted by atomic mass is 16.3. The molecule has 62 heavy (non-hydrogen) atoms. The first-order chi connectivity index (χ1) is 30.7. The van der Waals surface area contributed by atoms with E-state index in [1.807, 2.05) is 12.1 Å². The smallest absolute Gasteiger partial charge is 0.143 e. The largest absolute Gasteiger partial charge is 0.455 e. The van der Waals surface area contributed by atoms with Crippen molar-refractivity contribution in [3.63, 3.8) is 0 Å². The predicted octanol–water partition coefficient (Wildman–Crippen LogP) is 17.3. The zero-order valence-electron chi connectivity index (χ0n) is 33.4. The van der Waals surface area contributed by atoms with Crippen LogP contribution in [0.5, 0.6) is 0 Å². The van der Waals surface area contributed by atoms with Crippen LogP contribution in [0.25, 0.3) is 143 Å². The Bertz CT molecular complexity index is 4050. The zero-order chi connectivity index (χ0) is 40.5. The van der Waals surface area contributed by atoms with Crippen LogP contribution in [-0.2, 0) is 0 Å². The van der Waals surface area contributed by atoms with Crippen molar-refractivity contribution < 1.29 is 8.83 Å². The van der Waals surface area contributed by atoms with E-state index >= 15 is 0 Å². The molecule has 0 N–H and O–H groups in total. The normalized spacial score (nSPS) is 12.2. The number of para-hydroxylation sites is 4. The van der Waals surface area contributed by atoms with Gasteiger partial charge in [0.25, 0.3) is 0 Å². The summed E-state index contributed by atoms with van der Waals surface area (Å²) in [6.07, 6.45) is 0. The Kier molecular flexibility index (Phi) is 6.86. The third-order valence-electron chi connectivity index (χ3n) is 13.4. The molecule has 0 bridgehead atoms. The van der Waals surface area contributed by atoms with Crippen LogP contribution in [0.3, 0.4) is 0 Å². The van der Waals surface area contributed by atoms with Crippen LogP contribution in [0.2, 0.25) is 0 Å². The van der Waals surface area contributed by atoms with E-state index in [1.165, 1.54) is 76.8 Å². The lowest BCUT2D eigenvalue weighted by Gasteiger charge is -2.25. The minimum Gasteiger partial charge on any atom is -0.455 e.